The third-order valence-electron chi connectivity index (χ3n) is 12.4. The molecule has 0 unspecified atom stereocenters. The van der Waals surface area contributed by atoms with Gasteiger partial charge in [0.1, 0.15) is 11.2 Å². The molecule has 290 valence electrons. The number of nitrogens with zero attached hydrogens (tertiary/aromatic N) is 5. The zero-order chi connectivity index (χ0) is 40.7. The lowest BCUT2D eigenvalue weighted by Gasteiger charge is -2.19. The summed E-state index contributed by atoms with van der Waals surface area (Å²) in [4.78, 5) is 0. The van der Waals surface area contributed by atoms with Crippen LogP contribution in [-0.2, 0) is 0 Å². The molecule has 4 aromatic heterocycles. The molecule has 0 aliphatic rings. The molecule has 0 N–H and O–H groups in total. The van der Waals surface area contributed by atoms with Gasteiger partial charge >= 0.3 is 0 Å². The van der Waals surface area contributed by atoms with Gasteiger partial charge in [-0.3, -0.25) is 4.57 Å². The quantitative estimate of drug-likeness (QED) is 0.168. The second kappa shape index (κ2) is 13.5. The predicted octanol–water partition coefficient (Wildman–Crippen LogP) is 14.4. The van der Waals surface area contributed by atoms with Gasteiger partial charge in [0, 0.05) is 60.3 Å². The number of furan rings is 1. The van der Waals surface area contributed by atoms with E-state index in [1.165, 1.54) is 10.8 Å². The van der Waals surface area contributed by atoms with Crippen LogP contribution in [0.1, 0.15) is 0 Å². The van der Waals surface area contributed by atoms with Crippen LogP contribution in [0.15, 0.2) is 217 Å². The van der Waals surface area contributed by atoms with Gasteiger partial charge in [-0.25, -0.2) is 0 Å². The third kappa shape index (κ3) is 5.04. The van der Waals surface area contributed by atoms with Crippen LogP contribution in [0.4, 0.5) is 0 Å². The van der Waals surface area contributed by atoms with Crippen molar-refractivity contribution in [1.29, 1.82) is 0 Å². The fourth-order valence-electron chi connectivity index (χ4n) is 9.74. The van der Waals surface area contributed by atoms with Gasteiger partial charge in [0.05, 0.1) is 33.4 Å². The molecule has 0 aliphatic heterocycles. The first-order valence-electron chi connectivity index (χ1n) is 20.9. The minimum Gasteiger partial charge on any atom is -0.456 e. The van der Waals surface area contributed by atoms with Crippen LogP contribution in [-0.4, -0.2) is 23.9 Å². The minimum absolute atomic E-state index is 0.769. The maximum atomic E-state index is 6.42. The number of hydrogen-bond acceptors (Lipinski definition) is 3. The van der Waals surface area contributed by atoms with Crippen LogP contribution in [0, 0.1) is 0 Å². The Balaban J connectivity index is 1.09. The van der Waals surface area contributed by atoms with Crippen molar-refractivity contribution in [3.8, 4) is 51.0 Å². The van der Waals surface area contributed by atoms with Crippen molar-refractivity contribution in [2.45, 2.75) is 0 Å². The van der Waals surface area contributed by atoms with Crippen LogP contribution in [0.25, 0.3) is 117 Å². The van der Waals surface area contributed by atoms with Crippen molar-refractivity contribution in [3.05, 3.63) is 212 Å². The zero-order valence-corrected chi connectivity index (χ0v) is 33.4. The molecule has 6 heteroatoms. The molecular formula is C56H35N5O. The van der Waals surface area contributed by atoms with Crippen molar-refractivity contribution in [2.24, 2.45) is 0 Å². The molecule has 0 radical (unpaired) electrons. The summed E-state index contributed by atoms with van der Waals surface area (Å²) < 4.78 is 13.5. The van der Waals surface area contributed by atoms with Crippen LogP contribution < -0.4 is 0 Å². The first kappa shape index (κ1) is 34.4. The Morgan fingerprint density at radius 2 is 0.871 bits per heavy atom. The molecule has 0 fully saturated rings. The van der Waals surface area contributed by atoms with E-state index in [1.54, 1.807) is 0 Å². The number of aromatic nitrogens is 5. The molecule has 0 bridgehead atoms. The summed E-state index contributed by atoms with van der Waals surface area (Å²) in [6.45, 7) is 0. The molecule has 6 nitrogen and oxygen atoms in total. The Kier molecular flexibility index (Phi) is 7.50. The highest BCUT2D eigenvalue weighted by atomic mass is 16.3. The summed E-state index contributed by atoms with van der Waals surface area (Å²) in [6.07, 6.45) is 0. The van der Waals surface area contributed by atoms with Crippen LogP contribution in [0.5, 0.6) is 0 Å². The molecule has 0 atom stereocenters. The minimum atomic E-state index is 0.769. The molecular weight excluding hydrogens is 759 g/mol. The van der Waals surface area contributed by atoms with Gasteiger partial charge in [-0.15, -0.1) is 10.2 Å². The molecule has 62 heavy (non-hydrogen) atoms. The molecule has 0 aliphatic carbocycles. The van der Waals surface area contributed by atoms with Gasteiger partial charge in [0.2, 0.25) is 0 Å². The number of hydrogen-bond donors (Lipinski definition) is 0. The first-order valence-corrected chi connectivity index (χ1v) is 20.9. The van der Waals surface area contributed by atoms with E-state index in [1.807, 2.05) is 36.4 Å². The van der Waals surface area contributed by atoms with E-state index in [9.17, 15) is 0 Å². The second-order valence-corrected chi connectivity index (χ2v) is 15.8. The number of para-hydroxylation sites is 7. The molecule has 9 aromatic carbocycles. The average Bonchev–Trinajstić information content (AvgIpc) is 4.11. The smallest absolute Gasteiger partial charge is 0.171 e. The van der Waals surface area contributed by atoms with E-state index in [2.05, 4.69) is 190 Å². The third-order valence-corrected chi connectivity index (χ3v) is 12.4. The maximum Gasteiger partial charge on any atom is 0.171 e. The molecule has 0 amide bonds. The van der Waals surface area contributed by atoms with Gasteiger partial charge in [0.15, 0.2) is 11.6 Å². The fourth-order valence-corrected chi connectivity index (χ4v) is 9.74. The summed E-state index contributed by atoms with van der Waals surface area (Å²) in [5.41, 5.74) is 13.6. The summed E-state index contributed by atoms with van der Waals surface area (Å²) in [5.74, 6) is 1.55. The van der Waals surface area contributed by atoms with Gasteiger partial charge in [-0.05, 0) is 60.7 Å². The highest BCUT2D eigenvalue weighted by molar-refractivity contribution is 6.18. The lowest BCUT2D eigenvalue weighted by molar-refractivity contribution is 0.669. The molecule has 4 heterocycles. The maximum absolute atomic E-state index is 6.42. The predicted molar refractivity (Wildman–Crippen MR) is 254 cm³/mol. The van der Waals surface area contributed by atoms with Gasteiger partial charge in [-0.2, -0.15) is 0 Å². The van der Waals surface area contributed by atoms with Crippen molar-refractivity contribution in [3.63, 3.8) is 0 Å². The van der Waals surface area contributed by atoms with E-state index in [4.69, 9.17) is 14.6 Å². The highest BCUT2D eigenvalue weighted by Gasteiger charge is 2.25. The Bertz CT molecular complexity index is 3870. The molecule has 0 saturated carbocycles. The van der Waals surface area contributed by atoms with E-state index < -0.39 is 0 Å². The number of rotatable bonds is 6. The lowest BCUT2D eigenvalue weighted by Crippen LogP contribution is -2.03. The van der Waals surface area contributed by atoms with E-state index >= 15 is 0 Å². The highest BCUT2D eigenvalue weighted by Crippen LogP contribution is 2.44. The first-order chi connectivity index (χ1) is 30.8. The van der Waals surface area contributed by atoms with Crippen molar-refractivity contribution >= 4 is 65.6 Å². The zero-order valence-electron chi connectivity index (χ0n) is 33.4. The van der Waals surface area contributed by atoms with Crippen molar-refractivity contribution < 1.29 is 4.42 Å². The van der Waals surface area contributed by atoms with E-state index in [0.717, 1.165) is 106 Å². The van der Waals surface area contributed by atoms with Crippen LogP contribution in [0.3, 0.4) is 0 Å². The normalized spacial score (nSPS) is 11.9. The standard InChI is InChI=1S/C56H35N5O/c1-3-18-36(19-4-1)55-57-58-56(59(55)37-20-5-2-6-21-37)44-28-17-27-43-40-24-9-15-32-50(40)61(54(43)44)49-31-14-8-23-39(49)38-22-7-12-29-47(38)60-48-30-13-10-25-41(48)45-35-53-46(34-51(45)60)42-26-11-16-33-52(42)62-53/h1-35H. The Hall–Kier alpha value is -8.48. The van der Waals surface area contributed by atoms with Gasteiger partial charge < -0.3 is 13.6 Å². The molecule has 13 rings (SSSR count). The topological polar surface area (TPSA) is 53.7 Å². The monoisotopic (exact) mass is 793 g/mol. The summed E-state index contributed by atoms with van der Waals surface area (Å²) in [6, 6.07) is 75.1. The fraction of sp³-hybridized carbons (Fsp3) is 0. The SMILES string of the molecule is c1ccc(-c2nnc(-c3cccc4c5ccccc5n(-c5ccccc5-c5ccccc5-n5c6ccccc6c6cc7oc8ccccc8c7cc65)c34)n2-c2ccccc2)cc1. The Morgan fingerprint density at radius 3 is 1.63 bits per heavy atom. The van der Waals surface area contributed by atoms with E-state index in [-0.39, 0.29) is 0 Å². The average molecular weight is 794 g/mol. The lowest BCUT2D eigenvalue weighted by atomic mass is 10.0. The molecule has 0 saturated heterocycles. The van der Waals surface area contributed by atoms with Crippen molar-refractivity contribution in [2.75, 3.05) is 0 Å². The summed E-state index contributed by atoms with van der Waals surface area (Å²) in [5, 5.41) is 16.7. The largest absolute Gasteiger partial charge is 0.456 e. The number of fused-ring (bicyclic) bond motifs is 9. The second-order valence-electron chi connectivity index (χ2n) is 15.8. The summed E-state index contributed by atoms with van der Waals surface area (Å²) in [7, 11) is 0. The van der Waals surface area contributed by atoms with Crippen LogP contribution in [0.2, 0.25) is 0 Å². The molecule has 13 aromatic rings. The molecule has 0 spiro atoms. The van der Waals surface area contributed by atoms with E-state index in [0.29, 0.717) is 0 Å². The Labute approximate surface area is 355 Å². The Morgan fingerprint density at radius 1 is 0.323 bits per heavy atom. The van der Waals surface area contributed by atoms with Crippen LogP contribution >= 0.6 is 0 Å². The summed E-state index contributed by atoms with van der Waals surface area (Å²) >= 11 is 0. The van der Waals surface area contributed by atoms with Gasteiger partial charge in [0.25, 0.3) is 0 Å². The van der Waals surface area contributed by atoms with Crippen molar-refractivity contribution in [1.82, 2.24) is 23.9 Å². The van der Waals surface area contributed by atoms with Gasteiger partial charge in [-0.1, -0.05) is 152 Å². The number of benzene rings is 9.